The van der Waals surface area contributed by atoms with Crippen LogP contribution in [0.25, 0.3) is 0 Å². The lowest BCUT2D eigenvalue weighted by atomic mass is 10.1. The van der Waals surface area contributed by atoms with Gasteiger partial charge in [0.2, 0.25) is 0 Å². The summed E-state index contributed by atoms with van der Waals surface area (Å²) in [6, 6.07) is 0. The average molecular weight is 137 g/mol. The number of hydrogen-bond acceptors (Lipinski definition) is 3. The van der Waals surface area contributed by atoms with Gasteiger partial charge in [0.25, 0.3) is 0 Å². The van der Waals surface area contributed by atoms with E-state index < -0.39 is 24.8 Å². The van der Waals surface area contributed by atoms with Crippen LogP contribution in [0.1, 0.15) is 0 Å². The summed E-state index contributed by atoms with van der Waals surface area (Å²) < 4.78 is 11.6. The summed E-state index contributed by atoms with van der Waals surface area (Å²) in [5, 5.41) is 16.3. The van der Waals surface area contributed by atoms with E-state index in [2.05, 4.69) is 0 Å². The summed E-state index contributed by atoms with van der Waals surface area (Å²) in [5.41, 5.74) is 2.70. The Morgan fingerprint density at radius 3 is 2.22 bits per heavy atom. The zero-order valence-electron chi connectivity index (χ0n) is 4.67. The predicted molar refractivity (Wildman–Crippen MR) is 27.6 cm³/mol. The molecule has 1 atom stereocenters. The van der Waals surface area contributed by atoms with Crippen molar-refractivity contribution in [3.8, 4) is 0 Å². The summed E-state index contributed by atoms with van der Waals surface area (Å²) in [6.07, 6.45) is 0. The molecule has 0 radical (unpaired) electrons. The van der Waals surface area contributed by atoms with Gasteiger partial charge in [0.15, 0.2) is 5.54 Å². The van der Waals surface area contributed by atoms with Crippen LogP contribution in [-0.2, 0) is 4.79 Å². The number of hydrogen-bond donors (Lipinski definition) is 3. The van der Waals surface area contributed by atoms with Crippen LogP contribution in [0.2, 0.25) is 0 Å². The van der Waals surface area contributed by atoms with Crippen LogP contribution in [0.3, 0.4) is 0 Å². The molecular weight excluding hydrogens is 129 g/mol. The molecule has 4 N–H and O–H groups in total. The normalized spacial score (nSPS) is 16.8. The smallest absolute Gasteiger partial charge is 0.328 e. The van der Waals surface area contributed by atoms with Gasteiger partial charge in [-0.1, -0.05) is 0 Å². The Kier molecular flexibility index (Phi) is 2.54. The molecule has 0 heterocycles. The van der Waals surface area contributed by atoms with E-state index >= 15 is 0 Å². The molecule has 0 aromatic heterocycles. The first-order valence-electron chi connectivity index (χ1n) is 2.26. The lowest BCUT2D eigenvalue weighted by Crippen LogP contribution is -2.53. The summed E-state index contributed by atoms with van der Waals surface area (Å²) in [7, 11) is 0. The number of rotatable bonds is 3. The lowest BCUT2D eigenvalue weighted by molar-refractivity contribution is -0.145. The highest BCUT2D eigenvalue weighted by molar-refractivity contribution is 5.78. The topological polar surface area (TPSA) is 83.5 Å². The van der Waals surface area contributed by atoms with E-state index in [9.17, 15) is 9.18 Å². The minimum absolute atomic E-state index is 0.890. The van der Waals surface area contributed by atoms with Crippen molar-refractivity contribution in [1.82, 2.24) is 0 Å². The van der Waals surface area contributed by atoms with Crippen molar-refractivity contribution in [3.63, 3.8) is 0 Å². The molecule has 0 aliphatic carbocycles. The fourth-order valence-electron chi connectivity index (χ4n) is 0.167. The van der Waals surface area contributed by atoms with Crippen molar-refractivity contribution >= 4 is 5.97 Å². The van der Waals surface area contributed by atoms with Gasteiger partial charge in [-0.05, 0) is 0 Å². The molecule has 0 spiro atoms. The molecular formula is C4H8FNO3. The molecule has 0 amide bonds. The summed E-state index contributed by atoms with van der Waals surface area (Å²) in [4.78, 5) is 9.96. The van der Waals surface area contributed by atoms with Crippen molar-refractivity contribution < 1.29 is 19.4 Å². The Bertz CT molecular complexity index is 112. The maximum atomic E-state index is 11.6. The fourth-order valence-corrected chi connectivity index (χ4v) is 0.167. The average Bonchev–Trinajstić information content (AvgIpc) is 1.86. The third-order valence-corrected chi connectivity index (χ3v) is 0.947. The third kappa shape index (κ3) is 1.62. The summed E-state index contributed by atoms with van der Waals surface area (Å²) in [6.45, 7) is -2.16. The molecule has 0 aliphatic rings. The van der Waals surface area contributed by atoms with Crippen LogP contribution in [0, 0.1) is 0 Å². The second-order valence-corrected chi connectivity index (χ2v) is 1.75. The molecule has 0 unspecified atom stereocenters. The first kappa shape index (κ1) is 8.32. The number of alkyl halides is 1. The molecule has 0 rings (SSSR count). The van der Waals surface area contributed by atoms with Crippen molar-refractivity contribution in [2.75, 3.05) is 13.3 Å². The van der Waals surface area contributed by atoms with Crippen LogP contribution in [-0.4, -0.2) is 35.0 Å². The van der Waals surface area contributed by atoms with E-state index in [-0.39, 0.29) is 0 Å². The monoisotopic (exact) mass is 137 g/mol. The number of carboxylic acid groups (broad SMARTS) is 1. The van der Waals surface area contributed by atoms with Gasteiger partial charge < -0.3 is 15.9 Å². The van der Waals surface area contributed by atoms with Crippen LogP contribution >= 0.6 is 0 Å². The van der Waals surface area contributed by atoms with Gasteiger partial charge in [-0.15, -0.1) is 0 Å². The van der Waals surface area contributed by atoms with Gasteiger partial charge >= 0.3 is 5.97 Å². The van der Waals surface area contributed by atoms with Gasteiger partial charge in [0.1, 0.15) is 6.67 Å². The van der Waals surface area contributed by atoms with Crippen LogP contribution in [0.15, 0.2) is 0 Å². The highest BCUT2D eigenvalue weighted by Crippen LogP contribution is 1.98. The molecule has 4 nitrogen and oxygen atoms in total. The van der Waals surface area contributed by atoms with Crippen molar-refractivity contribution in [1.29, 1.82) is 0 Å². The zero-order chi connectivity index (χ0) is 7.49. The van der Waals surface area contributed by atoms with Gasteiger partial charge in [0.05, 0.1) is 6.61 Å². The molecule has 54 valence electrons. The maximum Gasteiger partial charge on any atom is 0.328 e. The van der Waals surface area contributed by atoms with Crippen LogP contribution < -0.4 is 5.73 Å². The Hall–Kier alpha value is -0.680. The van der Waals surface area contributed by atoms with E-state index in [1.165, 1.54) is 0 Å². The van der Waals surface area contributed by atoms with E-state index in [4.69, 9.17) is 15.9 Å². The van der Waals surface area contributed by atoms with Gasteiger partial charge in [0, 0.05) is 0 Å². The fraction of sp³-hybridized carbons (Fsp3) is 0.750. The van der Waals surface area contributed by atoms with Gasteiger partial charge in [-0.2, -0.15) is 0 Å². The molecule has 9 heavy (non-hydrogen) atoms. The second-order valence-electron chi connectivity index (χ2n) is 1.75. The van der Waals surface area contributed by atoms with Gasteiger partial charge in [-0.25, -0.2) is 4.39 Å². The Balaban J connectivity index is 4.09. The van der Waals surface area contributed by atoms with Crippen molar-refractivity contribution in [2.24, 2.45) is 5.73 Å². The van der Waals surface area contributed by atoms with E-state index in [1.54, 1.807) is 0 Å². The number of nitrogens with two attached hydrogens (primary N) is 1. The van der Waals surface area contributed by atoms with Crippen molar-refractivity contribution in [3.05, 3.63) is 0 Å². The number of carbonyl (C=O) groups is 1. The number of aliphatic carboxylic acids is 1. The minimum atomic E-state index is -2.11. The standard InChI is InChI=1S/C4H8FNO3/c5-1-4(6,2-7)3(8)9/h7H,1-2,6H2,(H,8,9)/t4-/m0/s1. The number of aliphatic hydroxyl groups excluding tert-OH is 1. The maximum absolute atomic E-state index is 11.6. The number of aliphatic hydroxyl groups is 1. The molecule has 0 aromatic carbocycles. The van der Waals surface area contributed by atoms with E-state index in [1.807, 2.05) is 0 Å². The molecule has 0 saturated heterocycles. The Morgan fingerprint density at radius 2 is 2.22 bits per heavy atom. The molecule has 0 aliphatic heterocycles. The third-order valence-electron chi connectivity index (χ3n) is 0.947. The van der Waals surface area contributed by atoms with Crippen LogP contribution in [0.5, 0.6) is 0 Å². The highest BCUT2D eigenvalue weighted by atomic mass is 19.1. The van der Waals surface area contributed by atoms with E-state index in [0.29, 0.717) is 0 Å². The molecule has 0 aromatic rings. The molecule has 0 bridgehead atoms. The minimum Gasteiger partial charge on any atom is -0.480 e. The summed E-state index contributed by atoms with van der Waals surface area (Å²) >= 11 is 0. The zero-order valence-corrected chi connectivity index (χ0v) is 4.67. The first-order chi connectivity index (χ1) is 4.06. The predicted octanol–water partition coefficient (Wildman–Crippen LogP) is -1.27. The lowest BCUT2D eigenvalue weighted by Gasteiger charge is -2.16. The summed E-state index contributed by atoms with van der Waals surface area (Å²) in [5.74, 6) is -1.53. The Morgan fingerprint density at radius 1 is 1.78 bits per heavy atom. The number of halogens is 1. The molecule has 0 fully saturated rings. The quantitative estimate of drug-likeness (QED) is 0.453. The number of carboxylic acids is 1. The first-order valence-corrected chi connectivity index (χ1v) is 2.26. The largest absolute Gasteiger partial charge is 0.480 e. The van der Waals surface area contributed by atoms with Crippen molar-refractivity contribution in [2.45, 2.75) is 5.54 Å². The Labute approximate surface area is 51.1 Å². The van der Waals surface area contributed by atoms with E-state index in [0.717, 1.165) is 0 Å². The molecule has 5 heteroatoms. The SMILES string of the molecule is N[C@](CO)(CF)C(=O)O. The second kappa shape index (κ2) is 2.75. The van der Waals surface area contributed by atoms with Gasteiger partial charge in [-0.3, -0.25) is 4.79 Å². The molecule has 0 saturated carbocycles. The van der Waals surface area contributed by atoms with Crippen LogP contribution in [0.4, 0.5) is 4.39 Å². The highest BCUT2D eigenvalue weighted by Gasteiger charge is 2.33.